The van der Waals surface area contributed by atoms with Gasteiger partial charge in [-0.05, 0) is 20.3 Å². The lowest BCUT2D eigenvalue weighted by Gasteiger charge is -2.21. The van der Waals surface area contributed by atoms with Crippen LogP contribution in [0.5, 0.6) is 0 Å². The number of ether oxygens (including phenoxy) is 1. The average Bonchev–Trinajstić information content (AvgIpc) is 2.25. The third-order valence-corrected chi connectivity index (χ3v) is 5.18. The molecule has 5 nitrogen and oxygen atoms in total. The Balaban J connectivity index is 4.45. The van der Waals surface area contributed by atoms with Gasteiger partial charge in [0.2, 0.25) is 14.0 Å². The molecule has 0 radical (unpaired) electrons. The summed E-state index contributed by atoms with van der Waals surface area (Å²) in [7, 11) is -3.87. The molecule has 16 heavy (non-hydrogen) atoms. The van der Waals surface area contributed by atoms with Crippen LogP contribution in [-0.4, -0.2) is 31.3 Å². The third kappa shape index (κ3) is 5.72. The van der Waals surface area contributed by atoms with Crippen LogP contribution in [0.15, 0.2) is 0 Å². The molecule has 8 heteroatoms. The van der Waals surface area contributed by atoms with Crippen LogP contribution >= 0.6 is 27.7 Å². The highest BCUT2D eigenvalue weighted by atomic mass is 35.5. The molecule has 0 heterocycles. The summed E-state index contributed by atoms with van der Waals surface area (Å²) >= 11 is 5.47. The van der Waals surface area contributed by atoms with Gasteiger partial charge in [-0.15, -0.1) is 11.6 Å². The first-order valence-corrected chi connectivity index (χ1v) is 8.06. The molecule has 0 aliphatic heterocycles. The molecule has 0 rings (SSSR count). The monoisotopic (exact) mass is 290 g/mol. The Labute approximate surface area is 103 Å². The van der Waals surface area contributed by atoms with E-state index in [0.717, 1.165) is 0 Å². The van der Waals surface area contributed by atoms with Crippen molar-refractivity contribution >= 4 is 27.7 Å². The smallest absolute Gasteiger partial charge is 0.354 e. The van der Waals surface area contributed by atoms with Crippen molar-refractivity contribution in [2.24, 2.45) is 0 Å². The lowest BCUT2D eigenvalue weighted by atomic mass is 10.5. The van der Waals surface area contributed by atoms with Crippen molar-refractivity contribution in [3.05, 3.63) is 0 Å². The molecule has 0 aromatic heterocycles. The first-order chi connectivity index (χ1) is 7.64. The van der Waals surface area contributed by atoms with E-state index in [4.69, 9.17) is 25.4 Å². The molecule has 96 valence electrons. The van der Waals surface area contributed by atoms with Gasteiger partial charge in [0, 0.05) is 12.5 Å². The number of rotatable bonds is 10. The highest BCUT2D eigenvalue weighted by Gasteiger charge is 2.37. The van der Waals surface area contributed by atoms with Crippen molar-refractivity contribution in [2.75, 3.05) is 25.7 Å². The summed E-state index contributed by atoms with van der Waals surface area (Å²) in [5.41, 5.74) is -1.07. The molecular weight excluding hydrogens is 273 g/mol. The Kier molecular flexibility index (Phi) is 9.82. The Bertz CT molecular complexity index is 228. The van der Waals surface area contributed by atoms with Gasteiger partial charge >= 0.3 is 7.60 Å². The number of alkyl halides is 1. The molecule has 0 fully saturated rings. The zero-order valence-corrected chi connectivity index (χ0v) is 12.0. The van der Waals surface area contributed by atoms with Crippen LogP contribution in [0.3, 0.4) is 0 Å². The minimum Gasteiger partial charge on any atom is -0.354 e. The fourth-order valence-corrected chi connectivity index (χ4v) is 3.42. The van der Waals surface area contributed by atoms with Crippen LogP contribution in [0, 0.1) is 0 Å². The van der Waals surface area contributed by atoms with Gasteiger partial charge in [0.05, 0.1) is 13.2 Å². The summed E-state index contributed by atoms with van der Waals surface area (Å²) < 4.78 is 38.3. The number of hydrogen-bond donors (Lipinski definition) is 0. The molecule has 0 aliphatic carbocycles. The second-order valence-corrected chi connectivity index (χ2v) is 6.25. The van der Waals surface area contributed by atoms with Crippen molar-refractivity contribution in [3.8, 4) is 0 Å². The summed E-state index contributed by atoms with van der Waals surface area (Å²) in [6, 6.07) is 0. The molecule has 0 aromatic rings. The van der Waals surface area contributed by atoms with E-state index in [2.05, 4.69) is 0 Å². The maximum Gasteiger partial charge on any atom is 0.371 e. The zero-order valence-electron chi connectivity index (χ0n) is 9.43. The summed E-state index contributed by atoms with van der Waals surface area (Å²) in [6.45, 7) is 4.06. The molecule has 1 atom stereocenters. The maximum absolute atomic E-state index is 12.1. The van der Waals surface area contributed by atoms with Crippen molar-refractivity contribution in [1.29, 1.82) is 0 Å². The first kappa shape index (κ1) is 16.5. The van der Waals surface area contributed by atoms with Gasteiger partial charge in [0.15, 0.2) is 0 Å². The molecule has 0 spiro atoms. The average molecular weight is 291 g/mol. The van der Waals surface area contributed by atoms with E-state index >= 15 is 0 Å². The molecular formula is C8H17ClO5P2. The lowest BCUT2D eigenvalue weighted by Crippen LogP contribution is -2.12. The maximum atomic E-state index is 12.1. The summed E-state index contributed by atoms with van der Waals surface area (Å²) in [4.78, 5) is 0. The van der Waals surface area contributed by atoms with Crippen molar-refractivity contribution in [1.82, 2.24) is 0 Å². The van der Waals surface area contributed by atoms with Gasteiger partial charge < -0.3 is 13.8 Å². The zero-order chi connectivity index (χ0) is 12.4. The van der Waals surface area contributed by atoms with E-state index in [-0.39, 0.29) is 19.8 Å². The molecule has 1 unspecified atom stereocenters. The van der Waals surface area contributed by atoms with Crippen molar-refractivity contribution in [2.45, 2.75) is 25.9 Å². The predicted octanol–water partition coefficient (Wildman–Crippen LogP) is 3.47. The van der Waals surface area contributed by atoms with Crippen LogP contribution in [0.2, 0.25) is 0 Å². The Morgan fingerprint density at radius 3 is 2.25 bits per heavy atom. The Hall–Kier alpha value is 0.500. The standard InChI is InChI=1S/C8H17ClO5P2/c1-3-13-16(11,14-4-2)8(15-10)12-7-5-6-9/h8H,3-7H2,1-2H3. The van der Waals surface area contributed by atoms with Crippen molar-refractivity contribution in [3.63, 3.8) is 0 Å². The molecule has 0 amide bonds. The second kappa shape index (κ2) is 9.52. The largest absolute Gasteiger partial charge is 0.371 e. The highest BCUT2D eigenvalue weighted by Crippen LogP contribution is 2.57. The molecule has 0 aliphatic rings. The third-order valence-electron chi connectivity index (χ3n) is 1.52. The first-order valence-electron chi connectivity index (χ1n) is 5.03. The quantitative estimate of drug-likeness (QED) is 0.350. The van der Waals surface area contributed by atoms with Crippen LogP contribution in [0.4, 0.5) is 0 Å². The highest BCUT2D eigenvalue weighted by molar-refractivity contribution is 7.63. The minimum absolute atomic E-state index is 0.210. The summed E-state index contributed by atoms with van der Waals surface area (Å²) in [5.74, 6) is 0.427. The van der Waals surface area contributed by atoms with Crippen LogP contribution in [0.1, 0.15) is 20.3 Å². The molecule has 0 aromatic carbocycles. The van der Waals surface area contributed by atoms with Crippen molar-refractivity contribution < 1.29 is 22.9 Å². The van der Waals surface area contributed by atoms with Gasteiger partial charge in [-0.3, -0.25) is 9.13 Å². The van der Waals surface area contributed by atoms with E-state index in [0.29, 0.717) is 12.3 Å². The van der Waals surface area contributed by atoms with Crippen LogP contribution in [-0.2, 0) is 22.9 Å². The Morgan fingerprint density at radius 1 is 1.31 bits per heavy atom. The molecule has 0 saturated carbocycles. The van der Waals surface area contributed by atoms with E-state index in [1.54, 1.807) is 13.8 Å². The molecule has 0 saturated heterocycles. The fraction of sp³-hybridized carbons (Fsp3) is 1.00. The van der Waals surface area contributed by atoms with Gasteiger partial charge in [-0.2, -0.15) is 0 Å². The van der Waals surface area contributed by atoms with Gasteiger partial charge in [-0.25, -0.2) is 0 Å². The van der Waals surface area contributed by atoms with Crippen LogP contribution < -0.4 is 0 Å². The van der Waals surface area contributed by atoms with E-state index in [1.165, 1.54) is 0 Å². The van der Waals surface area contributed by atoms with E-state index < -0.39 is 21.6 Å². The SMILES string of the molecule is CCOP(=O)(OCC)C(OCCCCl)P=O. The van der Waals surface area contributed by atoms with Gasteiger partial charge in [-0.1, -0.05) is 0 Å². The normalized spacial score (nSPS) is 14.2. The van der Waals surface area contributed by atoms with Crippen LogP contribution in [0.25, 0.3) is 0 Å². The topological polar surface area (TPSA) is 61.8 Å². The van der Waals surface area contributed by atoms with E-state index in [9.17, 15) is 9.13 Å². The van der Waals surface area contributed by atoms with Gasteiger partial charge in [0.25, 0.3) is 0 Å². The molecule has 0 N–H and O–H groups in total. The number of halogens is 1. The summed E-state index contributed by atoms with van der Waals surface area (Å²) in [6.07, 6.45) is 0.589. The lowest BCUT2D eigenvalue weighted by molar-refractivity contribution is 0.113. The second-order valence-electron chi connectivity index (χ2n) is 2.72. The summed E-state index contributed by atoms with van der Waals surface area (Å²) in [5, 5.41) is 0. The number of hydrogen-bond acceptors (Lipinski definition) is 5. The minimum atomic E-state index is -3.46. The Morgan fingerprint density at radius 2 is 1.88 bits per heavy atom. The fourth-order valence-electron chi connectivity index (χ4n) is 0.947. The molecule has 0 bridgehead atoms. The van der Waals surface area contributed by atoms with Gasteiger partial charge in [0.1, 0.15) is 0 Å². The van der Waals surface area contributed by atoms with E-state index in [1.807, 2.05) is 0 Å². The predicted molar refractivity (Wildman–Crippen MR) is 63.5 cm³/mol.